The SMILES string of the molecule is CC(C)CCc1sc(Br)nc1-c1ccc(Cl)c(Cl)c1. The Labute approximate surface area is 136 Å². The number of benzene rings is 1. The molecule has 102 valence electrons. The molecule has 2 aromatic rings. The molecular weight excluding hydrogens is 365 g/mol. The molecule has 0 N–H and O–H groups in total. The number of nitrogens with zero attached hydrogens (tertiary/aromatic N) is 1. The monoisotopic (exact) mass is 377 g/mol. The van der Waals surface area contributed by atoms with E-state index in [1.165, 1.54) is 4.88 Å². The standard InChI is InChI=1S/C14H14BrCl2NS/c1-8(2)3-6-12-13(18-14(15)19-12)9-4-5-10(16)11(17)7-9/h4-5,7-8H,3,6H2,1-2H3. The fraction of sp³-hybridized carbons (Fsp3) is 0.357. The third-order valence-corrected chi connectivity index (χ3v) is 5.12. The molecule has 0 radical (unpaired) electrons. The number of aromatic nitrogens is 1. The van der Waals surface area contributed by atoms with Crippen LogP contribution in [0.1, 0.15) is 25.1 Å². The van der Waals surface area contributed by atoms with Gasteiger partial charge in [-0.3, -0.25) is 0 Å². The summed E-state index contributed by atoms with van der Waals surface area (Å²) in [5.41, 5.74) is 2.03. The van der Waals surface area contributed by atoms with Gasteiger partial charge in [-0.05, 0) is 46.8 Å². The Morgan fingerprint density at radius 2 is 2.00 bits per heavy atom. The summed E-state index contributed by atoms with van der Waals surface area (Å²) in [6.07, 6.45) is 2.19. The summed E-state index contributed by atoms with van der Waals surface area (Å²) in [6, 6.07) is 5.66. The molecule has 1 aromatic heterocycles. The van der Waals surface area contributed by atoms with Crippen LogP contribution in [-0.4, -0.2) is 4.98 Å². The Bertz CT molecular complexity index is 581. The molecule has 0 spiro atoms. The second kappa shape index (κ2) is 6.57. The van der Waals surface area contributed by atoms with Crippen molar-refractivity contribution in [3.05, 3.63) is 37.0 Å². The Balaban J connectivity index is 2.35. The molecule has 0 amide bonds. The van der Waals surface area contributed by atoms with Gasteiger partial charge in [0.1, 0.15) is 0 Å². The number of rotatable bonds is 4. The Morgan fingerprint density at radius 1 is 1.26 bits per heavy atom. The molecule has 0 aliphatic rings. The highest BCUT2D eigenvalue weighted by molar-refractivity contribution is 9.11. The summed E-state index contributed by atoms with van der Waals surface area (Å²) < 4.78 is 0.910. The van der Waals surface area contributed by atoms with E-state index < -0.39 is 0 Å². The van der Waals surface area contributed by atoms with Gasteiger partial charge in [-0.25, -0.2) is 4.98 Å². The fourth-order valence-electron chi connectivity index (χ4n) is 1.78. The molecule has 2 rings (SSSR count). The first-order valence-electron chi connectivity index (χ1n) is 6.08. The van der Waals surface area contributed by atoms with Gasteiger partial charge in [-0.2, -0.15) is 0 Å². The average molecular weight is 379 g/mol. The topological polar surface area (TPSA) is 12.9 Å². The van der Waals surface area contributed by atoms with Gasteiger partial charge >= 0.3 is 0 Å². The number of hydrogen-bond donors (Lipinski definition) is 0. The van der Waals surface area contributed by atoms with E-state index in [4.69, 9.17) is 23.2 Å². The van der Waals surface area contributed by atoms with E-state index in [0.29, 0.717) is 16.0 Å². The lowest BCUT2D eigenvalue weighted by molar-refractivity contribution is 0.590. The van der Waals surface area contributed by atoms with Crippen molar-refractivity contribution in [1.29, 1.82) is 0 Å². The van der Waals surface area contributed by atoms with E-state index in [0.717, 1.165) is 28.0 Å². The highest BCUT2D eigenvalue weighted by Crippen LogP contribution is 2.35. The van der Waals surface area contributed by atoms with Gasteiger partial charge in [0.2, 0.25) is 0 Å². The van der Waals surface area contributed by atoms with Gasteiger partial charge in [0.25, 0.3) is 0 Å². The van der Waals surface area contributed by atoms with Crippen molar-refractivity contribution >= 4 is 50.5 Å². The highest BCUT2D eigenvalue weighted by Gasteiger charge is 2.13. The molecule has 0 atom stereocenters. The minimum absolute atomic E-state index is 0.568. The van der Waals surface area contributed by atoms with Crippen molar-refractivity contribution in [2.24, 2.45) is 5.92 Å². The zero-order valence-corrected chi connectivity index (χ0v) is 14.6. The molecule has 1 heterocycles. The summed E-state index contributed by atoms with van der Waals surface area (Å²) >= 11 is 17.2. The lowest BCUT2D eigenvalue weighted by Gasteiger charge is -2.06. The van der Waals surface area contributed by atoms with Crippen molar-refractivity contribution in [2.75, 3.05) is 0 Å². The minimum atomic E-state index is 0.568. The molecule has 1 aromatic carbocycles. The van der Waals surface area contributed by atoms with Gasteiger partial charge in [-0.1, -0.05) is 43.1 Å². The quantitative estimate of drug-likeness (QED) is 0.594. The van der Waals surface area contributed by atoms with E-state index in [1.54, 1.807) is 11.3 Å². The van der Waals surface area contributed by atoms with Gasteiger partial charge in [0.15, 0.2) is 3.92 Å². The van der Waals surface area contributed by atoms with E-state index in [1.807, 2.05) is 18.2 Å². The molecule has 0 saturated heterocycles. The third kappa shape index (κ3) is 3.94. The molecule has 0 bridgehead atoms. The molecular formula is C14H14BrCl2NS. The minimum Gasteiger partial charge on any atom is -0.229 e. The smallest absolute Gasteiger partial charge is 0.160 e. The summed E-state index contributed by atoms with van der Waals surface area (Å²) in [5, 5.41) is 1.14. The van der Waals surface area contributed by atoms with Crippen LogP contribution in [0, 0.1) is 5.92 Å². The largest absolute Gasteiger partial charge is 0.229 e. The van der Waals surface area contributed by atoms with E-state index in [2.05, 4.69) is 34.8 Å². The Kier molecular flexibility index (Phi) is 5.29. The summed E-state index contributed by atoms with van der Waals surface area (Å²) in [4.78, 5) is 5.85. The van der Waals surface area contributed by atoms with Gasteiger partial charge < -0.3 is 0 Å². The highest BCUT2D eigenvalue weighted by atomic mass is 79.9. The van der Waals surface area contributed by atoms with Crippen LogP contribution in [0.3, 0.4) is 0 Å². The normalized spacial score (nSPS) is 11.3. The lowest BCUT2D eigenvalue weighted by Crippen LogP contribution is -1.92. The van der Waals surface area contributed by atoms with Crippen molar-refractivity contribution < 1.29 is 0 Å². The van der Waals surface area contributed by atoms with Crippen LogP contribution in [0.4, 0.5) is 0 Å². The van der Waals surface area contributed by atoms with Gasteiger partial charge in [0.05, 0.1) is 15.7 Å². The van der Waals surface area contributed by atoms with E-state index >= 15 is 0 Å². The lowest BCUT2D eigenvalue weighted by atomic mass is 10.0. The van der Waals surface area contributed by atoms with Crippen LogP contribution in [0.15, 0.2) is 22.1 Å². The number of hydrogen-bond acceptors (Lipinski definition) is 2. The molecule has 0 aliphatic heterocycles. The predicted molar refractivity (Wildman–Crippen MR) is 88.4 cm³/mol. The van der Waals surface area contributed by atoms with E-state index in [-0.39, 0.29) is 0 Å². The first-order valence-corrected chi connectivity index (χ1v) is 8.44. The molecule has 0 aliphatic carbocycles. The summed E-state index contributed by atoms with van der Waals surface area (Å²) in [5.74, 6) is 0.683. The maximum absolute atomic E-state index is 6.08. The molecule has 1 nitrogen and oxygen atoms in total. The van der Waals surface area contributed by atoms with Crippen LogP contribution in [0.25, 0.3) is 11.3 Å². The Morgan fingerprint density at radius 3 is 2.63 bits per heavy atom. The molecule has 0 fully saturated rings. The number of aryl methyl sites for hydroxylation is 1. The van der Waals surface area contributed by atoms with Gasteiger partial charge in [0, 0.05) is 10.4 Å². The van der Waals surface area contributed by atoms with Crippen LogP contribution in [0.5, 0.6) is 0 Å². The molecule has 0 saturated carbocycles. The fourth-order valence-corrected chi connectivity index (χ4v) is 3.66. The molecule has 5 heteroatoms. The number of halogens is 3. The van der Waals surface area contributed by atoms with Crippen molar-refractivity contribution in [2.45, 2.75) is 26.7 Å². The van der Waals surface area contributed by atoms with Crippen LogP contribution >= 0.6 is 50.5 Å². The van der Waals surface area contributed by atoms with Crippen LogP contribution in [-0.2, 0) is 6.42 Å². The molecule has 19 heavy (non-hydrogen) atoms. The van der Waals surface area contributed by atoms with E-state index in [9.17, 15) is 0 Å². The second-order valence-electron chi connectivity index (χ2n) is 4.80. The van der Waals surface area contributed by atoms with Crippen LogP contribution in [0.2, 0.25) is 10.0 Å². The summed E-state index contributed by atoms with van der Waals surface area (Å²) in [6.45, 7) is 4.46. The third-order valence-electron chi connectivity index (χ3n) is 2.81. The maximum Gasteiger partial charge on any atom is 0.160 e. The zero-order chi connectivity index (χ0) is 14.0. The molecule has 0 unspecified atom stereocenters. The van der Waals surface area contributed by atoms with Crippen molar-refractivity contribution in [1.82, 2.24) is 4.98 Å². The second-order valence-corrected chi connectivity index (χ2v) is 7.97. The zero-order valence-electron chi connectivity index (χ0n) is 10.7. The summed E-state index contributed by atoms with van der Waals surface area (Å²) in [7, 11) is 0. The maximum atomic E-state index is 6.08. The first-order chi connectivity index (χ1) is 8.97. The van der Waals surface area contributed by atoms with Crippen molar-refractivity contribution in [3.8, 4) is 11.3 Å². The average Bonchev–Trinajstić information content (AvgIpc) is 2.71. The van der Waals surface area contributed by atoms with Crippen LogP contribution < -0.4 is 0 Å². The van der Waals surface area contributed by atoms with Gasteiger partial charge in [-0.15, -0.1) is 11.3 Å². The van der Waals surface area contributed by atoms with Crippen molar-refractivity contribution in [3.63, 3.8) is 0 Å². The predicted octanol–water partition coefficient (Wildman–Crippen LogP) is 6.47. The number of thiazole rings is 1. The first kappa shape index (κ1) is 15.3. The Hall–Kier alpha value is -0.0900.